The van der Waals surface area contributed by atoms with E-state index in [1.54, 1.807) is 203 Å². The first-order valence-electron chi connectivity index (χ1n) is 37.8. The van der Waals surface area contributed by atoms with Crippen molar-refractivity contribution in [1.82, 2.24) is 0 Å². The maximum atomic E-state index is 11.8. The number of rotatable bonds is 23. The van der Waals surface area contributed by atoms with E-state index in [2.05, 4.69) is 66.3 Å². The van der Waals surface area contributed by atoms with Gasteiger partial charge in [0, 0.05) is 22.8 Å². The first-order chi connectivity index (χ1) is 56.5. The van der Waals surface area contributed by atoms with E-state index in [1.807, 2.05) is 86.6 Å². The number of phenolic OH excluding ortho intramolecular Hbond substituents is 2. The molecule has 11 rings (SSSR count). The molecule has 0 unspecified atom stereocenters. The fourth-order valence-electron chi connectivity index (χ4n) is 8.50. The van der Waals surface area contributed by atoms with Gasteiger partial charge < -0.3 is 45.5 Å². The van der Waals surface area contributed by atoms with Crippen LogP contribution in [0, 0.1) is 13.8 Å². The van der Waals surface area contributed by atoms with Gasteiger partial charge in [-0.15, -0.1) is 0 Å². The molecule has 0 aromatic heterocycles. The van der Waals surface area contributed by atoms with Gasteiger partial charge in [-0.05, 0) is 301 Å². The van der Waals surface area contributed by atoms with Crippen molar-refractivity contribution in [1.29, 1.82) is 0 Å². The molecule has 0 radical (unpaired) electrons. The Balaban J connectivity index is -0.00000178. The van der Waals surface area contributed by atoms with Crippen LogP contribution in [0.3, 0.4) is 0 Å². The summed E-state index contributed by atoms with van der Waals surface area (Å²) in [5.41, 5.74) is 11.4. The molecule has 0 heterocycles. The third-order valence-corrected chi connectivity index (χ3v) is 14.0. The number of carbonyl (C=O) groups excluding carboxylic acids is 4. The Morgan fingerprint density at radius 2 is 0.579 bits per heavy atom. The molecule has 0 saturated carbocycles. The van der Waals surface area contributed by atoms with Crippen LogP contribution < -0.4 is 118 Å². The number of ether oxygens (including phenoxy) is 5. The number of nitrogens with zero attached hydrogens (tertiary/aromatic N) is 12. The second-order valence-corrected chi connectivity index (χ2v) is 21.7. The van der Waals surface area contributed by atoms with E-state index in [1.165, 1.54) is 0 Å². The fourth-order valence-corrected chi connectivity index (χ4v) is 8.63. The second kappa shape index (κ2) is 47.2. The molecular weight excluding hydrogens is 1440 g/mol. The second-order valence-electron chi connectivity index (χ2n) is 21.3. The van der Waals surface area contributed by atoms with Gasteiger partial charge in [-0.1, -0.05) is 19.0 Å². The minimum absolute atomic E-state index is 0. The molecular formula is C79H83ClK2N12O13. The summed E-state index contributed by atoms with van der Waals surface area (Å²) in [4.78, 5) is 46.0. The van der Waals surface area contributed by atoms with Crippen LogP contribution in [0.2, 0.25) is 5.02 Å². The summed E-state index contributed by atoms with van der Waals surface area (Å²) in [6.45, 7) is 10.0. The normalized spacial score (nSPS) is 11.1. The Morgan fingerprint density at radius 1 is 0.374 bits per heavy atom. The molecule has 25 nitrogen and oxygen atoms in total. The minimum Gasteiger partial charge on any atom is -1.00 e. The van der Waals surface area contributed by atoms with Crippen molar-refractivity contribution in [3.8, 4) is 34.5 Å². The van der Waals surface area contributed by atoms with Crippen molar-refractivity contribution in [3.63, 3.8) is 0 Å². The van der Waals surface area contributed by atoms with Gasteiger partial charge in [-0.2, -0.15) is 61.4 Å². The van der Waals surface area contributed by atoms with E-state index >= 15 is 0 Å². The number of aromatic hydroxyl groups is 2. The summed E-state index contributed by atoms with van der Waals surface area (Å²) in [5, 5.41) is 79.1. The zero-order chi connectivity index (χ0) is 85.8. The van der Waals surface area contributed by atoms with Crippen LogP contribution >= 0.6 is 11.6 Å². The zero-order valence-corrected chi connectivity index (χ0v) is 65.6. The Morgan fingerprint density at radius 3 is 0.822 bits per heavy atom. The van der Waals surface area contributed by atoms with Gasteiger partial charge in [0.15, 0.2) is 0 Å². The molecule has 0 atom stereocenters. The largest absolute Gasteiger partial charge is 1.00 e. The van der Waals surface area contributed by atoms with Crippen LogP contribution in [0.25, 0.3) is 0 Å². The van der Waals surface area contributed by atoms with E-state index in [4.69, 9.17) is 63.2 Å². The zero-order valence-electron chi connectivity index (χ0n) is 71.6. The van der Waals surface area contributed by atoms with Gasteiger partial charge >= 0.3 is 121 Å². The molecule has 546 valence electrons. The fraction of sp³-hybridized carbons (Fsp3) is 0.114. The first kappa shape index (κ1) is 77.7. The van der Waals surface area contributed by atoms with E-state index < -0.39 is 0 Å². The molecule has 107 heavy (non-hydrogen) atoms. The molecule has 0 aliphatic rings. The molecule has 11 aromatic rings. The quantitative estimate of drug-likeness (QED) is 0.0115. The van der Waals surface area contributed by atoms with Crippen molar-refractivity contribution in [2.45, 2.75) is 42.0 Å². The van der Waals surface area contributed by atoms with Gasteiger partial charge in [0.05, 0.1) is 105 Å². The van der Waals surface area contributed by atoms with Gasteiger partial charge in [-0.25, -0.2) is 14.4 Å². The van der Waals surface area contributed by atoms with Crippen LogP contribution in [0.15, 0.2) is 316 Å². The smallest absolute Gasteiger partial charge is 1.00 e. The molecule has 0 aliphatic heterocycles. The van der Waals surface area contributed by atoms with Gasteiger partial charge in [0.1, 0.15) is 34.5 Å². The summed E-state index contributed by atoms with van der Waals surface area (Å²) in [6.07, 6.45) is 0. The van der Waals surface area contributed by atoms with Crippen molar-refractivity contribution >= 4 is 104 Å². The number of esters is 3. The average Bonchev–Trinajstić information content (AvgIpc) is 0.850. The van der Waals surface area contributed by atoms with Crippen LogP contribution in [-0.4, -0.2) is 54.4 Å². The summed E-state index contributed by atoms with van der Waals surface area (Å²) < 4.78 is 86.5. The summed E-state index contributed by atoms with van der Waals surface area (Å²) in [6, 6.07) is 73.1. The average molecular weight is 1530 g/mol. The van der Waals surface area contributed by atoms with E-state index in [-0.39, 0.29) is 148 Å². The maximum Gasteiger partial charge on any atom is 1.00 e. The molecule has 0 aliphatic carbocycles. The van der Waals surface area contributed by atoms with Gasteiger partial charge in [0.2, 0.25) is 0 Å². The number of aryl methyl sites for hydroxylation is 2. The van der Waals surface area contributed by atoms with Crippen molar-refractivity contribution in [2.75, 3.05) is 19.8 Å². The summed E-state index contributed by atoms with van der Waals surface area (Å²) in [5.74, 6) is 1.77. The molecule has 0 amide bonds. The van der Waals surface area contributed by atoms with Gasteiger partial charge in [-0.3, -0.25) is 4.79 Å². The van der Waals surface area contributed by atoms with Gasteiger partial charge in [0.25, 0.3) is 6.47 Å². The van der Waals surface area contributed by atoms with Crippen LogP contribution in [-0.2, 0) is 23.9 Å². The number of halogens is 1. The first-order valence-corrected chi connectivity index (χ1v) is 32.2. The minimum atomic E-state index is -0.367. The standard InChI is InChI=1S/C43H36N6O6.C25H20N6O2.C9H9ClO2.CH2O3.CH4.2K.6H2.H/c1-4-52-42(50)30-6-19-37(20-7-30)54-39-23-14-34(15-24-39)45-44-32-10-12-33(13-11-32)47-49-41-27-18-36(28-29(41)3)48-46-35-16-25-40(26-17-35)55-38-21-8-31(9-22-38)43(51)53-5-2;1-17-16-22(30-28-21-8-13-24(33)14-9-21)10-15-25(17)31-29-19-4-2-18(3-5-19)26-27-20-6-11-23(32)12-7-20;1-2-12-9(11)7-3-5-8(10)6-4-7;2-1-4-3;;;;;;;;;;/h6-28H,4-5H2,1-3H3;2-16,32-33H,1H3;3-6H,2H2,1H3;1,3H;1H4;;;6*1H;/q;;;;;2*+1;;;;;;;-1/p-1/i;;;;;;;6*1+1D;. The predicted octanol–water partition coefficient (Wildman–Crippen LogP) is 19.0. The molecule has 0 fully saturated rings. The SMILES string of the molecule is C.CCOC(=O)c1ccc(Cl)cc1.CCOC(=O)c1ccc(Oc2ccc(N=Nc3ccc(N=Nc4ccc(N=Nc5ccc(Oc6ccc(C(=O)OCC)cc6)cc5)cc4C)cc3)cc2)cc1.Cc1cc(N=Nc2ccc(O)cc2)ccc1N=Nc1ccc(N=Nc2ccc(O)cc2)cc1.O=CO[O-].[2H][2H].[2H][2H].[2H][2H].[2H][2H].[2H][2H].[2H][2H].[H-].[K+].[K+]. The van der Waals surface area contributed by atoms with Crippen LogP contribution in [0.4, 0.5) is 68.2 Å². The number of hydrogen-bond donors (Lipinski definition) is 2. The molecule has 0 saturated heterocycles. The Labute approximate surface area is 727 Å². The van der Waals surface area contributed by atoms with Crippen LogP contribution in [0.1, 0.15) is 89.6 Å². The number of benzene rings is 11. The summed E-state index contributed by atoms with van der Waals surface area (Å²) in [7, 11) is 0. The third-order valence-electron chi connectivity index (χ3n) is 13.7. The van der Waals surface area contributed by atoms with Crippen molar-refractivity contribution in [3.05, 3.63) is 288 Å². The molecule has 11 aromatic carbocycles. The molecule has 2 N–H and O–H groups in total. The molecule has 28 heteroatoms. The third kappa shape index (κ3) is 30.6. The number of hydrogen-bond acceptors (Lipinski definition) is 25. The van der Waals surface area contributed by atoms with Crippen molar-refractivity contribution < 1.29 is 185 Å². The molecule has 0 bridgehead atoms. The Kier molecular flexibility index (Phi) is 34.3. The maximum absolute atomic E-state index is 11.8. The number of phenols is 2. The van der Waals surface area contributed by atoms with E-state index in [9.17, 15) is 24.6 Å². The number of carbonyl (C=O) groups is 4. The topological polar surface area (TPSA) is 336 Å². The predicted molar refractivity (Wildman–Crippen MR) is 409 cm³/mol. The van der Waals surface area contributed by atoms with E-state index in [0.717, 1.165) is 16.8 Å². The number of azo groups is 6. The molecule has 0 spiro atoms. The Bertz CT molecular complexity index is 4850. The summed E-state index contributed by atoms with van der Waals surface area (Å²) >= 11 is 5.64. The van der Waals surface area contributed by atoms with Crippen molar-refractivity contribution in [2.24, 2.45) is 61.4 Å². The van der Waals surface area contributed by atoms with Crippen LogP contribution in [0.5, 0.6) is 34.5 Å². The monoisotopic (exact) mass is 1530 g/mol. The Hall–Kier alpha value is -10.4. The van der Waals surface area contributed by atoms with E-state index in [0.29, 0.717) is 127 Å².